The van der Waals surface area contributed by atoms with Gasteiger partial charge in [0.25, 0.3) is 0 Å². The van der Waals surface area contributed by atoms with Crippen LogP contribution in [-0.2, 0) is 18.4 Å². The van der Waals surface area contributed by atoms with Crippen LogP contribution < -0.4 is 0 Å². The van der Waals surface area contributed by atoms with Crippen LogP contribution in [-0.4, -0.2) is 173 Å². The Morgan fingerprint density at radius 2 is 0.850 bits per heavy atom. The summed E-state index contributed by atoms with van der Waals surface area (Å²) < 4.78 is 20.7. The maximum atomic E-state index is 13.4. The first-order valence-electron chi connectivity index (χ1n) is 34.1. The molecule has 1 heterocycles. The first-order valence-corrected chi connectivity index (χ1v) is 42.4. The van der Waals surface area contributed by atoms with Gasteiger partial charge in [0.1, 0.15) is 6.61 Å². The molecule has 1 aliphatic heterocycles. The maximum absolute atomic E-state index is 13.4. The number of hydrogen-bond acceptors (Lipinski definition) is 12. The number of piperazine rings is 1. The minimum Gasteiger partial charge on any atom is -0.464 e. The molecule has 0 aliphatic carbocycles. The van der Waals surface area contributed by atoms with Crippen LogP contribution in [0.4, 0.5) is 0 Å². The molecule has 0 bridgehead atoms. The van der Waals surface area contributed by atoms with Crippen molar-refractivity contribution in [2.24, 2.45) is 0 Å². The van der Waals surface area contributed by atoms with Gasteiger partial charge in [0, 0.05) is 76.8 Å². The highest BCUT2D eigenvalue weighted by atomic mass is 33.1. The molecular weight excluding hydrogens is 1070 g/mol. The van der Waals surface area contributed by atoms with E-state index in [0.29, 0.717) is 26.1 Å². The molecule has 0 radical (unpaired) electrons. The highest BCUT2D eigenvalue weighted by Gasteiger charge is 2.41. The molecule has 80 heavy (non-hydrogen) atoms. The number of rotatable bonds is 54. The Bertz CT molecular complexity index is 1360. The van der Waals surface area contributed by atoms with Crippen molar-refractivity contribution in [1.29, 1.82) is 0 Å². The lowest BCUT2D eigenvalue weighted by atomic mass is 10.0. The first-order chi connectivity index (χ1) is 38.1. The van der Waals surface area contributed by atoms with Gasteiger partial charge >= 0.3 is 5.97 Å². The Balaban J connectivity index is 2.74. The van der Waals surface area contributed by atoms with E-state index < -0.39 is 16.6 Å². The summed E-state index contributed by atoms with van der Waals surface area (Å²) in [6.45, 7) is 44.6. The molecule has 0 aromatic heterocycles. The fourth-order valence-electron chi connectivity index (χ4n) is 10.5. The van der Waals surface area contributed by atoms with E-state index in [9.17, 15) is 15.0 Å². The van der Waals surface area contributed by atoms with Crippen molar-refractivity contribution >= 4 is 44.2 Å². The molecule has 0 aromatic rings. The van der Waals surface area contributed by atoms with Crippen LogP contribution in [0.25, 0.3) is 0 Å². The number of esters is 1. The van der Waals surface area contributed by atoms with Crippen molar-refractivity contribution in [1.82, 2.24) is 19.6 Å². The molecule has 10 nitrogen and oxygen atoms in total. The minimum atomic E-state index is -2.02. The molecular formula is C66H138N4O6S2Si2. The molecule has 0 aromatic carbocycles. The second-order valence-electron chi connectivity index (χ2n) is 27.7. The number of carbonyl (C=O) groups is 1. The van der Waals surface area contributed by atoms with E-state index >= 15 is 0 Å². The zero-order chi connectivity index (χ0) is 59.6. The van der Waals surface area contributed by atoms with E-state index in [1.807, 2.05) is 21.6 Å². The van der Waals surface area contributed by atoms with Crippen LogP contribution in [0.2, 0.25) is 36.3 Å². The van der Waals surface area contributed by atoms with Gasteiger partial charge in [0.15, 0.2) is 16.6 Å². The molecule has 0 spiro atoms. The highest BCUT2D eigenvalue weighted by molar-refractivity contribution is 8.76. The summed E-state index contributed by atoms with van der Waals surface area (Å²) in [4.78, 5) is 23.5. The standard InChI is InChI=1S/C66H138N4O6S2Si2/c1-15-19-23-25-27-29-31-33-42-62(75-79(11,12)65(5,6)7)58-70(59-63(76-80(13,14)66(8,9)10)43-34-32-30-28-26-24-20-16-2)47-39-44-64(73)74-53-52-68-50-48-67(49-51-68)45-35-37-54-77-78-55-38-36-46-69(56-60(71)40-21-17-3)57-61(72)41-22-18-4/h60-63,71-72H,15-59H2,1-14H3. The van der Waals surface area contributed by atoms with Gasteiger partial charge in [0.2, 0.25) is 0 Å². The molecule has 1 aliphatic rings. The Morgan fingerprint density at radius 1 is 0.475 bits per heavy atom. The van der Waals surface area contributed by atoms with E-state index in [4.69, 9.17) is 13.6 Å². The quantitative estimate of drug-likeness (QED) is 0.0263. The van der Waals surface area contributed by atoms with Crippen LogP contribution >= 0.6 is 21.6 Å². The fraction of sp³-hybridized carbons (Fsp3) is 0.985. The van der Waals surface area contributed by atoms with Crippen molar-refractivity contribution in [3.63, 3.8) is 0 Å². The number of aliphatic hydroxyl groups excluding tert-OH is 2. The minimum absolute atomic E-state index is 0.0601. The molecule has 2 N–H and O–H groups in total. The molecule has 4 unspecified atom stereocenters. The van der Waals surface area contributed by atoms with Gasteiger partial charge in [-0.3, -0.25) is 19.5 Å². The zero-order valence-corrected chi connectivity index (χ0v) is 59.4. The van der Waals surface area contributed by atoms with Crippen LogP contribution in [0.1, 0.15) is 262 Å². The molecule has 0 amide bonds. The van der Waals surface area contributed by atoms with Gasteiger partial charge in [-0.25, -0.2) is 0 Å². The van der Waals surface area contributed by atoms with Crippen LogP contribution in [0, 0.1) is 0 Å². The molecule has 478 valence electrons. The highest BCUT2D eigenvalue weighted by Crippen LogP contribution is 2.39. The van der Waals surface area contributed by atoms with Crippen LogP contribution in [0.3, 0.4) is 0 Å². The van der Waals surface area contributed by atoms with E-state index in [1.165, 1.54) is 134 Å². The smallest absolute Gasteiger partial charge is 0.305 e. The zero-order valence-electron chi connectivity index (χ0n) is 55.8. The summed E-state index contributed by atoms with van der Waals surface area (Å²) in [5.41, 5.74) is 0. The Kier molecular flexibility index (Phi) is 46.4. The molecule has 0 saturated carbocycles. The van der Waals surface area contributed by atoms with Crippen molar-refractivity contribution in [3.05, 3.63) is 0 Å². The van der Waals surface area contributed by atoms with Crippen molar-refractivity contribution in [2.75, 3.05) is 96.6 Å². The van der Waals surface area contributed by atoms with E-state index in [-0.39, 0.29) is 40.5 Å². The summed E-state index contributed by atoms with van der Waals surface area (Å²) >= 11 is 0. The lowest BCUT2D eigenvalue weighted by Gasteiger charge is -2.42. The number of aliphatic hydroxyl groups is 2. The predicted molar refractivity (Wildman–Crippen MR) is 359 cm³/mol. The molecule has 1 saturated heterocycles. The number of ether oxygens (including phenoxy) is 1. The van der Waals surface area contributed by atoms with Gasteiger partial charge in [-0.05, 0) is 114 Å². The van der Waals surface area contributed by atoms with Crippen molar-refractivity contribution in [2.45, 2.75) is 323 Å². The van der Waals surface area contributed by atoms with E-state index in [2.05, 4.69) is 115 Å². The van der Waals surface area contributed by atoms with Gasteiger partial charge in [-0.2, -0.15) is 0 Å². The third kappa shape index (κ3) is 40.6. The average Bonchev–Trinajstić information content (AvgIpc) is 3.38. The third-order valence-corrected chi connectivity index (χ3v) is 29.6. The topological polar surface area (TPSA) is 98.2 Å². The second kappa shape index (κ2) is 47.4. The monoisotopic (exact) mass is 1200 g/mol. The van der Waals surface area contributed by atoms with E-state index in [1.54, 1.807) is 0 Å². The molecule has 14 heteroatoms. The number of hydrogen-bond donors (Lipinski definition) is 2. The lowest BCUT2D eigenvalue weighted by molar-refractivity contribution is -0.144. The lowest BCUT2D eigenvalue weighted by Crippen LogP contribution is -2.50. The summed E-state index contributed by atoms with van der Waals surface area (Å²) in [6, 6.07) is 0. The summed E-state index contributed by atoms with van der Waals surface area (Å²) in [6.07, 6.45) is 35.1. The summed E-state index contributed by atoms with van der Waals surface area (Å²) in [5.74, 6) is 2.30. The predicted octanol–water partition coefficient (Wildman–Crippen LogP) is 17.4. The normalized spacial score (nSPS) is 16.0. The van der Waals surface area contributed by atoms with Gasteiger partial charge in [-0.1, -0.05) is 219 Å². The molecule has 1 fully saturated rings. The maximum Gasteiger partial charge on any atom is 0.305 e. The van der Waals surface area contributed by atoms with Crippen molar-refractivity contribution in [3.8, 4) is 0 Å². The van der Waals surface area contributed by atoms with Crippen molar-refractivity contribution < 1.29 is 28.6 Å². The largest absolute Gasteiger partial charge is 0.464 e. The Labute approximate surface area is 508 Å². The molecule has 4 atom stereocenters. The average molecular weight is 1200 g/mol. The summed E-state index contributed by atoms with van der Waals surface area (Å²) in [7, 11) is -0.0207. The van der Waals surface area contributed by atoms with Gasteiger partial charge < -0.3 is 28.7 Å². The van der Waals surface area contributed by atoms with Crippen LogP contribution in [0.15, 0.2) is 0 Å². The Hall–Kier alpha value is 0.284. The number of unbranched alkanes of at least 4 members (excludes halogenated alkanes) is 18. The molecule has 1 rings (SSSR count). The number of nitrogens with zero attached hydrogens (tertiary/aromatic N) is 4. The van der Waals surface area contributed by atoms with Gasteiger partial charge in [-0.15, -0.1) is 0 Å². The second-order valence-corrected chi connectivity index (χ2v) is 39.9. The Morgan fingerprint density at radius 3 is 1.27 bits per heavy atom. The first kappa shape index (κ1) is 78.3. The third-order valence-electron chi connectivity index (χ3n) is 17.9. The van der Waals surface area contributed by atoms with E-state index in [0.717, 1.165) is 129 Å². The fourth-order valence-corrected chi connectivity index (χ4v) is 15.5. The summed E-state index contributed by atoms with van der Waals surface area (Å²) in [5, 5.41) is 21.4. The SMILES string of the molecule is CCCCCCCCCCC(CN(CCCC(=O)OCCN1CCN(CCCCSSCCCCN(CC(O)CCCC)CC(O)CCCC)CC1)CC(CCCCCCCCCC)O[Si](C)(C)C(C)(C)C)O[Si](C)(C)C(C)(C)C. The van der Waals surface area contributed by atoms with Crippen LogP contribution in [0.5, 0.6) is 0 Å². The number of carbonyl (C=O) groups excluding carboxylic acids is 1. The van der Waals surface area contributed by atoms with Gasteiger partial charge in [0.05, 0.1) is 24.4 Å².